The zero-order chi connectivity index (χ0) is 16.6. The van der Waals surface area contributed by atoms with E-state index in [9.17, 15) is 19.1 Å². The number of aliphatic carboxylic acids is 1. The molecule has 7 heteroatoms. The number of hydrogen-bond donors (Lipinski definition) is 1. The molecule has 0 amide bonds. The highest BCUT2D eigenvalue weighted by atomic mass is 19.1. The summed E-state index contributed by atoms with van der Waals surface area (Å²) in [6, 6.07) is 3.74. The maximum absolute atomic E-state index is 14.6. The molecule has 1 atom stereocenters. The normalized spacial score (nSPS) is 19.4. The van der Waals surface area contributed by atoms with Gasteiger partial charge in [-0.05, 0) is 31.9 Å². The predicted octanol–water partition coefficient (Wildman–Crippen LogP) is 1.97. The number of carboxylic acid groups (broad SMARTS) is 1. The molecule has 1 N–H and O–H groups in total. The van der Waals surface area contributed by atoms with Crippen LogP contribution in [0.25, 0.3) is 0 Å². The van der Waals surface area contributed by atoms with Gasteiger partial charge in [0.25, 0.3) is 0 Å². The number of esters is 1. The van der Waals surface area contributed by atoms with E-state index in [4.69, 9.17) is 4.74 Å². The Morgan fingerprint density at radius 1 is 1.48 bits per heavy atom. The van der Waals surface area contributed by atoms with E-state index < -0.39 is 23.3 Å². The first kappa shape index (κ1) is 15.2. The third-order valence-corrected chi connectivity index (χ3v) is 4.15. The second-order valence-corrected chi connectivity index (χ2v) is 5.34. The van der Waals surface area contributed by atoms with Gasteiger partial charge in [-0.2, -0.15) is 0 Å². The Morgan fingerprint density at radius 2 is 2.26 bits per heavy atom. The van der Waals surface area contributed by atoms with Gasteiger partial charge in [0.2, 0.25) is 0 Å². The number of fused-ring (bicyclic) bond motifs is 1. The van der Waals surface area contributed by atoms with E-state index in [1.165, 1.54) is 23.0 Å². The molecule has 2 aromatic rings. The first-order chi connectivity index (χ1) is 11.0. The number of aromatic nitrogens is 2. The molecule has 0 saturated carbocycles. The summed E-state index contributed by atoms with van der Waals surface area (Å²) in [6.07, 6.45) is 3.70. The zero-order valence-corrected chi connectivity index (χ0v) is 12.5. The molecule has 6 nitrogen and oxygen atoms in total. The van der Waals surface area contributed by atoms with Gasteiger partial charge in [0.15, 0.2) is 5.54 Å². The van der Waals surface area contributed by atoms with Crippen molar-refractivity contribution in [2.45, 2.75) is 25.3 Å². The quantitative estimate of drug-likeness (QED) is 0.872. The topological polar surface area (TPSA) is 81.4 Å². The van der Waals surface area contributed by atoms with Crippen molar-refractivity contribution >= 4 is 11.9 Å². The number of ether oxygens (including phenoxy) is 1. The summed E-state index contributed by atoms with van der Waals surface area (Å²) in [7, 11) is 0. The molecule has 1 unspecified atom stereocenters. The number of carbonyl (C=O) groups is 2. The lowest BCUT2D eigenvalue weighted by atomic mass is 9.86. The van der Waals surface area contributed by atoms with Crippen LogP contribution in [-0.4, -0.2) is 33.2 Å². The summed E-state index contributed by atoms with van der Waals surface area (Å²) < 4.78 is 20.9. The highest BCUT2D eigenvalue weighted by Gasteiger charge is 2.48. The van der Waals surface area contributed by atoms with E-state index in [0.717, 1.165) is 11.8 Å². The molecule has 2 heterocycles. The Bertz CT molecular complexity index is 786. The van der Waals surface area contributed by atoms with Crippen LogP contribution in [0, 0.1) is 5.82 Å². The molecule has 23 heavy (non-hydrogen) atoms. The number of nitrogens with zero attached hydrogens (tertiary/aromatic N) is 2. The van der Waals surface area contributed by atoms with Gasteiger partial charge in [0, 0.05) is 17.5 Å². The minimum absolute atomic E-state index is 0.00907. The fourth-order valence-electron chi connectivity index (χ4n) is 3.06. The number of halogens is 1. The molecule has 1 aliphatic heterocycles. The summed E-state index contributed by atoms with van der Waals surface area (Å²) in [5.74, 6) is -2.55. The Kier molecular flexibility index (Phi) is 3.63. The minimum atomic E-state index is -1.54. The van der Waals surface area contributed by atoms with Gasteiger partial charge in [-0.3, -0.25) is 0 Å². The van der Waals surface area contributed by atoms with E-state index in [2.05, 4.69) is 4.98 Å². The lowest BCUT2D eigenvalue weighted by Crippen LogP contribution is -2.41. The van der Waals surface area contributed by atoms with Crippen molar-refractivity contribution < 1.29 is 23.8 Å². The third kappa shape index (κ3) is 2.19. The molecule has 1 aromatic heterocycles. The first-order valence-corrected chi connectivity index (χ1v) is 7.23. The van der Waals surface area contributed by atoms with Gasteiger partial charge in [0.1, 0.15) is 5.82 Å². The van der Waals surface area contributed by atoms with Crippen LogP contribution in [0.5, 0.6) is 0 Å². The van der Waals surface area contributed by atoms with Crippen LogP contribution >= 0.6 is 0 Å². The largest absolute Gasteiger partial charge is 0.479 e. The van der Waals surface area contributed by atoms with Crippen molar-refractivity contribution in [1.82, 2.24) is 9.55 Å². The Morgan fingerprint density at radius 3 is 2.91 bits per heavy atom. The van der Waals surface area contributed by atoms with Crippen molar-refractivity contribution in [3.63, 3.8) is 0 Å². The van der Waals surface area contributed by atoms with Gasteiger partial charge >= 0.3 is 11.9 Å². The number of aryl methyl sites for hydroxylation is 1. The summed E-state index contributed by atoms with van der Waals surface area (Å²) in [5.41, 5.74) is -0.739. The van der Waals surface area contributed by atoms with Crippen LogP contribution < -0.4 is 0 Å². The number of hydrogen-bond acceptors (Lipinski definition) is 4. The smallest absolute Gasteiger partial charge is 0.338 e. The Labute approximate surface area is 131 Å². The standard InChI is InChI=1S/C16H15FN2O4/c1-2-23-14(20)10-3-4-12(13(17)7-10)16(15(21)22)6-5-11-8-18-9-19(11)16/h3-4,7-9H,2,5-6H2,1H3,(H,21,22). The summed E-state index contributed by atoms with van der Waals surface area (Å²) in [4.78, 5) is 27.6. The molecule has 0 radical (unpaired) electrons. The molecule has 1 aromatic carbocycles. The van der Waals surface area contributed by atoms with Gasteiger partial charge < -0.3 is 14.4 Å². The molecule has 1 aliphatic rings. The number of imidazole rings is 1. The van der Waals surface area contributed by atoms with Crippen LogP contribution in [0.4, 0.5) is 4.39 Å². The van der Waals surface area contributed by atoms with E-state index >= 15 is 0 Å². The number of benzene rings is 1. The molecular weight excluding hydrogens is 303 g/mol. The molecule has 0 saturated heterocycles. The number of carboxylic acids is 1. The van der Waals surface area contributed by atoms with Crippen molar-refractivity contribution in [2.75, 3.05) is 6.61 Å². The molecule has 0 aliphatic carbocycles. The maximum Gasteiger partial charge on any atom is 0.338 e. The maximum atomic E-state index is 14.6. The molecule has 3 rings (SSSR count). The monoisotopic (exact) mass is 318 g/mol. The van der Waals surface area contributed by atoms with Crippen molar-refractivity contribution in [3.05, 3.63) is 53.4 Å². The van der Waals surface area contributed by atoms with Crippen molar-refractivity contribution in [1.29, 1.82) is 0 Å². The highest BCUT2D eigenvalue weighted by molar-refractivity contribution is 5.90. The second-order valence-electron chi connectivity index (χ2n) is 5.34. The average molecular weight is 318 g/mol. The van der Waals surface area contributed by atoms with E-state index in [0.29, 0.717) is 6.42 Å². The van der Waals surface area contributed by atoms with Crippen LogP contribution in [-0.2, 0) is 21.5 Å². The van der Waals surface area contributed by atoms with E-state index in [-0.39, 0.29) is 24.2 Å². The van der Waals surface area contributed by atoms with Crippen molar-refractivity contribution in [3.8, 4) is 0 Å². The first-order valence-electron chi connectivity index (χ1n) is 7.23. The SMILES string of the molecule is CCOC(=O)c1ccc(C2(C(=O)O)CCc3cncn32)c(F)c1. The highest BCUT2D eigenvalue weighted by Crippen LogP contribution is 2.39. The van der Waals surface area contributed by atoms with E-state index in [1.807, 2.05) is 0 Å². The predicted molar refractivity (Wildman–Crippen MR) is 77.6 cm³/mol. The minimum Gasteiger partial charge on any atom is -0.479 e. The van der Waals surface area contributed by atoms with Gasteiger partial charge in [-0.1, -0.05) is 6.07 Å². The van der Waals surface area contributed by atoms with Crippen LogP contribution in [0.3, 0.4) is 0 Å². The third-order valence-electron chi connectivity index (χ3n) is 4.15. The fraction of sp³-hybridized carbons (Fsp3) is 0.312. The molecule has 0 fully saturated rings. The summed E-state index contributed by atoms with van der Waals surface area (Å²) >= 11 is 0. The van der Waals surface area contributed by atoms with Gasteiger partial charge in [0.05, 0.1) is 18.5 Å². The summed E-state index contributed by atoms with van der Waals surface area (Å²) in [6.45, 7) is 1.83. The molecule has 0 bridgehead atoms. The Balaban J connectivity index is 2.10. The Hall–Kier alpha value is -2.70. The van der Waals surface area contributed by atoms with Crippen LogP contribution in [0.15, 0.2) is 30.7 Å². The van der Waals surface area contributed by atoms with Crippen LogP contribution in [0.2, 0.25) is 0 Å². The molecule has 120 valence electrons. The summed E-state index contributed by atoms with van der Waals surface area (Å²) in [5, 5.41) is 9.76. The van der Waals surface area contributed by atoms with Gasteiger partial charge in [-0.25, -0.2) is 19.0 Å². The van der Waals surface area contributed by atoms with E-state index in [1.54, 1.807) is 13.1 Å². The van der Waals surface area contributed by atoms with Crippen molar-refractivity contribution in [2.24, 2.45) is 0 Å². The number of carbonyl (C=O) groups excluding carboxylic acids is 1. The lowest BCUT2D eigenvalue weighted by molar-refractivity contribution is -0.145. The zero-order valence-electron chi connectivity index (χ0n) is 12.5. The number of rotatable bonds is 4. The average Bonchev–Trinajstić information content (AvgIpc) is 3.10. The molecular formula is C16H15FN2O4. The van der Waals surface area contributed by atoms with Gasteiger partial charge in [-0.15, -0.1) is 0 Å². The second kappa shape index (κ2) is 5.49. The lowest BCUT2D eigenvalue weighted by Gasteiger charge is -2.27. The van der Waals surface area contributed by atoms with Crippen LogP contribution in [0.1, 0.15) is 35.0 Å². The molecule has 0 spiro atoms. The fourth-order valence-corrected chi connectivity index (χ4v) is 3.06.